The Hall–Kier alpha value is -2.11. The second-order valence-corrected chi connectivity index (χ2v) is 6.30. The van der Waals surface area contributed by atoms with Crippen molar-refractivity contribution in [3.8, 4) is 0 Å². The molecule has 3 amide bonds. The summed E-state index contributed by atoms with van der Waals surface area (Å²) in [5, 5.41) is 2.59. The van der Waals surface area contributed by atoms with Gasteiger partial charge in [-0.3, -0.25) is 14.5 Å². The van der Waals surface area contributed by atoms with Crippen LogP contribution in [0.3, 0.4) is 0 Å². The van der Waals surface area contributed by atoms with E-state index in [1.807, 2.05) is 0 Å². The Morgan fingerprint density at radius 3 is 2.35 bits per heavy atom. The highest BCUT2D eigenvalue weighted by Gasteiger charge is 2.49. The number of ether oxygens (including phenoxy) is 1. The van der Waals surface area contributed by atoms with E-state index >= 15 is 0 Å². The van der Waals surface area contributed by atoms with Crippen LogP contribution < -0.4 is 5.32 Å². The van der Waals surface area contributed by atoms with Gasteiger partial charge in [0.25, 0.3) is 11.8 Å². The third kappa shape index (κ3) is 3.81. The first-order chi connectivity index (χ1) is 11.2. The number of nitrogens with one attached hydrogen (secondary N) is 1. The van der Waals surface area contributed by atoms with Gasteiger partial charge in [-0.15, -0.1) is 0 Å². The van der Waals surface area contributed by atoms with E-state index in [-0.39, 0.29) is 24.9 Å². The average Bonchev–Trinajstić information content (AvgIpc) is 3.05. The molecular weight excluding hydrogens is 296 g/mol. The molecule has 3 aliphatic rings. The smallest absolute Gasteiger partial charge is 0.407 e. The lowest BCUT2D eigenvalue weighted by Crippen LogP contribution is -2.38. The van der Waals surface area contributed by atoms with Gasteiger partial charge in [0.2, 0.25) is 0 Å². The molecule has 0 radical (unpaired) electrons. The van der Waals surface area contributed by atoms with Crippen LogP contribution in [0.4, 0.5) is 4.79 Å². The van der Waals surface area contributed by atoms with Crippen LogP contribution in [-0.4, -0.2) is 42.5 Å². The van der Waals surface area contributed by atoms with Crippen molar-refractivity contribution in [2.45, 2.75) is 25.7 Å². The number of allylic oxidation sites excluding steroid dienone is 2. The van der Waals surface area contributed by atoms with Gasteiger partial charge in [0.1, 0.15) is 0 Å². The zero-order chi connectivity index (χ0) is 16.2. The summed E-state index contributed by atoms with van der Waals surface area (Å²) in [7, 11) is 0. The maximum atomic E-state index is 11.7. The normalized spacial score (nSPS) is 30.4. The molecule has 2 aliphatic carbocycles. The number of amides is 3. The Kier molecular flexibility index (Phi) is 4.79. The van der Waals surface area contributed by atoms with Gasteiger partial charge in [0.15, 0.2) is 0 Å². The van der Waals surface area contributed by atoms with Crippen LogP contribution >= 0.6 is 0 Å². The summed E-state index contributed by atoms with van der Waals surface area (Å²) in [6.45, 7) is 0.837. The van der Waals surface area contributed by atoms with Crippen LogP contribution in [0.2, 0.25) is 0 Å². The summed E-state index contributed by atoms with van der Waals surface area (Å²) in [6.07, 6.45) is 11.1. The first-order valence-electron chi connectivity index (χ1n) is 8.26. The molecule has 3 rings (SSSR count). The molecule has 0 aromatic rings. The van der Waals surface area contributed by atoms with Crippen LogP contribution in [0.5, 0.6) is 0 Å². The van der Waals surface area contributed by atoms with Crippen LogP contribution in [0.1, 0.15) is 25.7 Å². The molecule has 1 N–H and O–H groups in total. The highest BCUT2D eigenvalue weighted by Crippen LogP contribution is 2.52. The van der Waals surface area contributed by atoms with E-state index in [1.54, 1.807) is 0 Å². The predicted octanol–water partition coefficient (Wildman–Crippen LogP) is 1.63. The Balaban J connectivity index is 1.31. The first kappa shape index (κ1) is 15.8. The fourth-order valence-corrected chi connectivity index (χ4v) is 3.59. The summed E-state index contributed by atoms with van der Waals surface area (Å²) < 4.78 is 5.28. The second kappa shape index (κ2) is 6.98. The van der Waals surface area contributed by atoms with E-state index in [9.17, 15) is 14.4 Å². The first-order valence-corrected chi connectivity index (χ1v) is 8.26. The Labute approximate surface area is 135 Å². The molecule has 6 nitrogen and oxygen atoms in total. The molecule has 0 saturated heterocycles. The molecule has 2 atom stereocenters. The Morgan fingerprint density at radius 2 is 1.74 bits per heavy atom. The topological polar surface area (TPSA) is 75.7 Å². The number of imide groups is 1. The van der Waals surface area contributed by atoms with Gasteiger partial charge >= 0.3 is 6.09 Å². The summed E-state index contributed by atoms with van der Waals surface area (Å²) in [5.74, 6) is 1.20. The van der Waals surface area contributed by atoms with Gasteiger partial charge < -0.3 is 10.1 Å². The van der Waals surface area contributed by atoms with Gasteiger partial charge in [-0.1, -0.05) is 12.2 Å². The summed E-state index contributed by atoms with van der Waals surface area (Å²) in [6, 6.07) is 0. The number of carbonyl (C=O) groups excluding carboxylic acids is 3. The van der Waals surface area contributed by atoms with E-state index in [2.05, 4.69) is 17.5 Å². The lowest BCUT2D eigenvalue weighted by Gasteiger charge is -2.14. The van der Waals surface area contributed by atoms with Crippen molar-refractivity contribution in [2.75, 3.05) is 19.7 Å². The highest BCUT2D eigenvalue weighted by molar-refractivity contribution is 6.12. The predicted molar refractivity (Wildman–Crippen MR) is 83.3 cm³/mol. The fraction of sp³-hybridized carbons (Fsp3) is 0.588. The monoisotopic (exact) mass is 318 g/mol. The minimum absolute atomic E-state index is 0.167. The molecule has 1 aliphatic heterocycles. The second-order valence-electron chi connectivity index (χ2n) is 6.30. The number of alkyl carbamates (subject to hydrolysis) is 1. The summed E-state index contributed by atoms with van der Waals surface area (Å²) >= 11 is 0. The minimum atomic E-state index is -0.477. The lowest BCUT2D eigenvalue weighted by atomic mass is 10.1. The Morgan fingerprint density at radius 1 is 1.13 bits per heavy atom. The maximum Gasteiger partial charge on any atom is 0.407 e. The van der Waals surface area contributed by atoms with Gasteiger partial charge in [-0.2, -0.15) is 0 Å². The van der Waals surface area contributed by atoms with Crippen molar-refractivity contribution in [3.63, 3.8) is 0 Å². The molecule has 0 aromatic carbocycles. The zero-order valence-electron chi connectivity index (χ0n) is 13.1. The van der Waals surface area contributed by atoms with E-state index in [0.717, 1.165) is 17.7 Å². The van der Waals surface area contributed by atoms with Crippen molar-refractivity contribution >= 4 is 17.9 Å². The lowest BCUT2D eigenvalue weighted by molar-refractivity contribution is -0.136. The van der Waals surface area contributed by atoms with Gasteiger partial charge in [0, 0.05) is 25.2 Å². The van der Waals surface area contributed by atoms with Crippen LogP contribution in [0.15, 0.2) is 24.3 Å². The molecule has 0 bridgehead atoms. The van der Waals surface area contributed by atoms with E-state index < -0.39 is 6.09 Å². The Bertz CT molecular complexity index is 521. The van der Waals surface area contributed by atoms with E-state index in [4.69, 9.17) is 4.74 Å². The van der Waals surface area contributed by atoms with Crippen LogP contribution in [0, 0.1) is 17.8 Å². The largest absolute Gasteiger partial charge is 0.449 e. The molecule has 6 heteroatoms. The SMILES string of the molecule is O=C(NCCN1C(=O)C=CC1=O)OCC1C2CC/C=C/CCC21. The molecule has 124 valence electrons. The number of nitrogens with zero attached hydrogens (tertiary/aromatic N) is 1. The molecule has 2 unspecified atom stereocenters. The van der Waals surface area contributed by atoms with Crippen LogP contribution in [-0.2, 0) is 14.3 Å². The molecular formula is C17H22N2O4. The molecule has 1 fully saturated rings. The average molecular weight is 318 g/mol. The van der Waals surface area contributed by atoms with Gasteiger partial charge in [-0.05, 0) is 43.4 Å². The molecule has 1 heterocycles. The third-order valence-electron chi connectivity index (χ3n) is 4.92. The van der Waals surface area contributed by atoms with Crippen molar-refractivity contribution < 1.29 is 19.1 Å². The van der Waals surface area contributed by atoms with E-state index in [0.29, 0.717) is 24.4 Å². The molecule has 23 heavy (non-hydrogen) atoms. The summed E-state index contributed by atoms with van der Waals surface area (Å²) in [5.41, 5.74) is 0. The van der Waals surface area contributed by atoms with Crippen molar-refractivity contribution in [1.82, 2.24) is 10.2 Å². The van der Waals surface area contributed by atoms with Crippen molar-refractivity contribution in [1.29, 1.82) is 0 Å². The zero-order valence-corrected chi connectivity index (χ0v) is 13.1. The quantitative estimate of drug-likeness (QED) is 0.617. The van der Waals surface area contributed by atoms with Crippen molar-refractivity contribution in [2.24, 2.45) is 17.8 Å². The van der Waals surface area contributed by atoms with Gasteiger partial charge in [-0.25, -0.2) is 4.79 Å². The summed E-state index contributed by atoms with van der Waals surface area (Å²) in [4.78, 5) is 35.5. The number of rotatable bonds is 5. The maximum absolute atomic E-state index is 11.7. The number of hydrogen-bond acceptors (Lipinski definition) is 4. The van der Waals surface area contributed by atoms with E-state index in [1.165, 1.54) is 25.0 Å². The molecule has 0 spiro atoms. The molecule has 1 saturated carbocycles. The standard InChI is InChI=1S/C17H22N2O4/c20-15-7-8-16(21)19(15)10-9-18-17(22)23-11-14-12-5-3-1-2-4-6-13(12)14/h1-2,7-8,12-14H,3-6,9-11H2,(H,18,22)/b2-1+. The van der Waals surface area contributed by atoms with Crippen LogP contribution in [0.25, 0.3) is 0 Å². The highest BCUT2D eigenvalue weighted by atomic mass is 16.5. The number of fused-ring (bicyclic) bond motifs is 1. The number of carbonyl (C=O) groups is 3. The fourth-order valence-electron chi connectivity index (χ4n) is 3.59. The molecule has 0 aromatic heterocycles. The van der Waals surface area contributed by atoms with Gasteiger partial charge in [0.05, 0.1) is 6.61 Å². The minimum Gasteiger partial charge on any atom is -0.449 e. The number of hydrogen-bond donors (Lipinski definition) is 1. The third-order valence-corrected chi connectivity index (χ3v) is 4.92. The van der Waals surface area contributed by atoms with Crippen molar-refractivity contribution in [3.05, 3.63) is 24.3 Å².